The van der Waals surface area contributed by atoms with Gasteiger partial charge in [-0.15, -0.1) is 21.0 Å². The molecule has 55 heavy (non-hydrogen) atoms. The fourth-order valence-corrected chi connectivity index (χ4v) is 4.58. The fraction of sp³-hybridized carbons (Fsp3) is 0.143. The molecule has 0 amide bonds. The molecule has 0 aliphatic carbocycles. The first-order valence-electron chi connectivity index (χ1n) is 12.4. The molecule has 3 aromatic rings. The maximum Gasteiger partial charge on any atom is 0.507 e. The zero-order valence-electron chi connectivity index (χ0n) is 27.3. The quantitative estimate of drug-likeness (QED) is 0.0922. The molecular weight excluding hydrogens is 920 g/mol. The lowest BCUT2D eigenvalue weighted by Gasteiger charge is -2.10. The molecule has 21 nitrogen and oxygen atoms in total. The maximum absolute atomic E-state index is 10.4. The summed E-state index contributed by atoms with van der Waals surface area (Å²) in [7, 11) is -26.2. The molecular formula is C21H32F6O21P6S. The van der Waals surface area contributed by atoms with Crippen molar-refractivity contribution in [1.29, 1.82) is 0 Å². The Balaban J connectivity index is -0.000000352. The number of rotatable bonds is 6. The van der Waals surface area contributed by atoms with Crippen molar-refractivity contribution in [3.05, 3.63) is 72.8 Å². The van der Waals surface area contributed by atoms with Gasteiger partial charge >= 0.3 is 47.4 Å². The summed E-state index contributed by atoms with van der Waals surface area (Å²) in [5.41, 5.74) is 0. The molecule has 0 spiro atoms. The van der Waals surface area contributed by atoms with E-state index in [0.29, 0.717) is 0 Å². The van der Waals surface area contributed by atoms with Gasteiger partial charge < -0.3 is 24.0 Å². The average molecular weight is 952 g/mol. The molecule has 34 heteroatoms. The van der Waals surface area contributed by atoms with E-state index in [1.165, 1.54) is 14.7 Å². The van der Waals surface area contributed by atoms with Gasteiger partial charge in [-0.05, 0) is 72.8 Å². The third-order valence-corrected chi connectivity index (χ3v) is 6.12. The number of hydrogen-bond donors (Lipinski definition) is 11. The monoisotopic (exact) mass is 952 g/mol. The van der Waals surface area contributed by atoms with Crippen LogP contribution in [0.5, 0.6) is 17.2 Å². The van der Waals surface area contributed by atoms with Crippen molar-refractivity contribution < 1.29 is 126 Å². The Hall–Kier alpha value is -2.11. The van der Waals surface area contributed by atoms with Crippen LogP contribution in [0.4, 0.5) is 25.2 Å². The van der Waals surface area contributed by atoms with E-state index in [0.717, 1.165) is 17.2 Å². The van der Waals surface area contributed by atoms with Crippen LogP contribution < -0.4 is 19.1 Å². The molecule has 0 radical (unpaired) electrons. The first-order valence-corrected chi connectivity index (χ1v) is 22.6. The molecule has 0 aliphatic rings. The topological polar surface area (TPSA) is 376 Å². The van der Waals surface area contributed by atoms with Crippen molar-refractivity contribution in [3.63, 3.8) is 0 Å². The van der Waals surface area contributed by atoms with Crippen molar-refractivity contribution in [3.8, 4) is 17.2 Å². The minimum Gasteiger partial charge on any atom is -0.753 e. The predicted molar refractivity (Wildman–Crippen MR) is 178 cm³/mol. The third kappa shape index (κ3) is 61.3. The predicted octanol–water partition coefficient (Wildman–Crippen LogP) is 4.47. The maximum atomic E-state index is 10.4. The second-order valence-electron chi connectivity index (χ2n) is 8.15. The van der Waals surface area contributed by atoms with E-state index in [9.17, 15) is 25.2 Å². The second kappa shape index (κ2) is 27.5. The van der Waals surface area contributed by atoms with Gasteiger partial charge in [0.15, 0.2) is 14.7 Å². The van der Waals surface area contributed by atoms with E-state index in [4.69, 9.17) is 100 Å². The van der Waals surface area contributed by atoms with E-state index in [1.807, 2.05) is 36.4 Å². The van der Waals surface area contributed by atoms with Gasteiger partial charge in [0.05, 0.1) is 32.2 Å². The molecule has 0 aromatic heterocycles. The first kappa shape index (κ1) is 59.6. The summed E-state index contributed by atoms with van der Waals surface area (Å²) >= 11 is 0. The summed E-state index contributed by atoms with van der Waals surface area (Å²) in [5, 5.41) is 0. The zero-order valence-corrected chi connectivity index (χ0v) is 33.5. The molecule has 1 atom stereocenters. The Bertz CT molecular complexity index is 1460. The number of ether oxygens (including phenoxy) is 3. The molecule has 0 bridgehead atoms. The smallest absolute Gasteiger partial charge is 0.507 e. The normalized spacial score (nSPS) is 12.1. The highest BCUT2D eigenvalue weighted by Gasteiger charge is 2.29. The number of methoxy groups -OCH3 is 3. The molecule has 1 unspecified atom stereocenters. The standard InChI is InChI=1S/C21H21O3S.6FH2O3P/c1-22-16-4-10-19(11-5-16)25(20-12-6-17(23-2)7-13-20)21-14-8-18(24-3)9-15-21;6*1-5(2,3)4/h4-15H,1-3H3;6*(H2,2,3,4)/q+1;;;;;;/p-1. The van der Waals surface area contributed by atoms with E-state index in [2.05, 4.69) is 36.4 Å². The molecule has 0 aliphatic heterocycles. The molecule has 0 saturated heterocycles. The number of benzene rings is 3. The van der Waals surface area contributed by atoms with Gasteiger partial charge in [-0.2, -0.15) is 4.20 Å². The largest absolute Gasteiger partial charge is 0.753 e. The van der Waals surface area contributed by atoms with Gasteiger partial charge in [-0.1, -0.05) is 0 Å². The lowest BCUT2D eigenvalue weighted by atomic mass is 10.3. The van der Waals surface area contributed by atoms with Gasteiger partial charge in [0.1, 0.15) is 17.2 Å². The Kier molecular flexibility index (Phi) is 29.8. The van der Waals surface area contributed by atoms with Crippen LogP contribution in [-0.2, 0) is 38.3 Å². The van der Waals surface area contributed by atoms with Gasteiger partial charge in [-0.3, -0.25) is 53.5 Å². The van der Waals surface area contributed by atoms with Crippen LogP contribution in [0.1, 0.15) is 0 Å². The average Bonchev–Trinajstić information content (AvgIpc) is 2.93. The lowest BCUT2D eigenvalue weighted by Crippen LogP contribution is -2.05. The minimum absolute atomic E-state index is 0.212. The second-order valence-corrected chi connectivity index (χ2v) is 15.8. The summed E-state index contributed by atoms with van der Waals surface area (Å²) in [6.45, 7) is 0. The van der Waals surface area contributed by atoms with Gasteiger partial charge in [0, 0.05) is 0 Å². The summed E-state index contributed by atoms with van der Waals surface area (Å²) in [5.74, 6) is 2.57. The Labute approximate surface area is 309 Å². The van der Waals surface area contributed by atoms with Crippen LogP contribution >= 0.6 is 47.4 Å². The zero-order chi connectivity index (χ0) is 44.6. The highest BCUT2D eigenvalue weighted by atomic mass is 32.2. The number of halogens is 6. The molecule has 3 aromatic carbocycles. The van der Waals surface area contributed by atoms with Crippen molar-refractivity contribution in [1.82, 2.24) is 0 Å². The van der Waals surface area contributed by atoms with Crippen molar-refractivity contribution in [2.75, 3.05) is 21.3 Å². The van der Waals surface area contributed by atoms with Crippen LogP contribution in [0.2, 0.25) is 0 Å². The van der Waals surface area contributed by atoms with Crippen LogP contribution in [0.15, 0.2) is 87.5 Å². The van der Waals surface area contributed by atoms with E-state index >= 15 is 0 Å². The molecule has 0 fully saturated rings. The lowest BCUT2D eigenvalue weighted by molar-refractivity contribution is -0.206. The van der Waals surface area contributed by atoms with Gasteiger partial charge in [0.25, 0.3) is 0 Å². The van der Waals surface area contributed by atoms with Crippen LogP contribution in [0, 0.1) is 0 Å². The molecule has 0 saturated carbocycles. The number of hydrogen-bond acceptors (Lipinski definition) is 10. The Morgan fingerprint density at radius 2 is 0.509 bits per heavy atom. The fourth-order valence-electron chi connectivity index (χ4n) is 2.54. The summed E-state index contributed by atoms with van der Waals surface area (Å²) in [6, 6.07) is 24.7. The van der Waals surface area contributed by atoms with Gasteiger partial charge in [-0.25, -0.2) is 22.8 Å². The molecule has 320 valence electrons. The van der Waals surface area contributed by atoms with Crippen LogP contribution in [-0.4, -0.2) is 75.2 Å². The molecule has 11 N–H and O–H groups in total. The van der Waals surface area contributed by atoms with Gasteiger partial charge in [0.2, 0.25) is 0 Å². The molecule has 0 heterocycles. The van der Waals surface area contributed by atoms with Crippen molar-refractivity contribution >= 4 is 58.3 Å². The van der Waals surface area contributed by atoms with E-state index < -0.39 is 47.4 Å². The highest BCUT2D eigenvalue weighted by Crippen LogP contribution is 2.37. The van der Waals surface area contributed by atoms with E-state index in [1.54, 1.807) is 21.3 Å². The van der Waals surface area contributed by atoms with Crippen LogP contribution in [0.3, 0.4) is 0 Å². The summed E-state index contributed by atoms with van der Waals surface area (Å²) in [6.07, 6.45) is 0. The Morgan fingerprint density at radius 1 is 0.400 bits per heavy atom. The minimum atomic E-state index is -5.39. The SMILES string of the molecule is COc1ccc([S+](c2ccc(OC)cc2)c2ccc(OC)cc2)cc1.O=P(O)(O)F.O=P(O)(O)F.O=P(O)(O)F.O=P(O)(O)F.O=P(O)(O)F.O=P([O-])(O)F. The van der Waals surface area contributed by atoms with Crippen molar-refractivity contribution in [2.24, 2.45) is 0 Å². The van der Waals surface area contributed by atoms with Crippen molar-refractivity contribution in [2.45, 2.75) is 14.7 Å². The van der Waals surface area contributed by atoms with Crippen LogP contribution in [0.25, 0.3) is 0 Å². The third-order valence-electron chi connectivity index (χ3n) is 3.89. The summed E-state index contributed by atoms with van der Waals surface area (Å²) < 4.78 is 130. The Morgan fingerprint density at radius 3 is 0.600 bits per heavy atom. The molecule has 3 rings (SSSR count). The first-order chi connectivity index (χ1) is 24.2. The summed E-state index contributed by atoms with van der Waals surface area (Å²) in [4.78, 5) is 88.8. The highest BCUT2D eigenvalue weighted by molar-refractivity contribution is 7.97. The van der Waals surface area contributed by atoms with E-state index in [-0.39, 0.29) is 10.9 Å².